The van der Waals surface area contributed by atoms with Crippen molar-refractivity contribution in [3.8, 4) is 0 Å². The molecule has 1 aromatic rings. The number of ether oxygens (including phenoxy) is 2. The van der Waals surface area contributed by atoms with Crippen LogP contribution < -0.4 is 0 Å². The van der Waals surface area contributed by atoms with Gasteiger partial charge in [-0.3, -0.25) is 0 Å². The van der Waals surface area contributed by atoms with Crippen molar-refractivity contribution in [1.29, 1.82) is 0 Å². The molecule has 0 saturated carbocycles. The highest BCUT2D eigenvalue weighted by Crippen LogP contribution is 2.39. The Balaban J connectivity index is 2.27. The van der Waals surface area contributed by atoms with Gasteiger partial charge in [0.25, 0.3) is 5.79 Å². The van der Waals surface area contributed by atoms with E-state index in [0.29, 0.717) is 0 Å². The van der Waals surface area contributed by atoms with Gasteiger partial charge in [0.15, 0.2) is 0 Å². The Morgan fingerprint density at radius 1 is 1.05 bits per heavy atom. The Bertz CT molecular complexity index is 478. The van der Waals surface area contributed by atoms with Crippen LogP contribution in [0.5, 0.6) is 0 Å². The fourth-order valence-corrected chi connectivity index (χ4v) is 2.00. The first kappa shape index (κ1) is 14.0. The van der Waals surface area contributed by atoms with E-state index in [0.717, 1.165) is 5.56 Å². The largest absolute Gasteiger partial charge is 0.453 e. The summed E-state index contributed by atoms with van der Waals surface area (Å²) in [5.74, 6) is -2.67. The molecule has 2 rings (SSSR count). The average Bonchev–Trinajstić information content (AvgIpc) is 2.27. The minimum absolute atomic E-state index is 0.0756. The zero-order chi connectivity index (χ0) is 14.3. The zero-order valence-electron chi connectivity index (χ0n) is 11.8. The topological polar surface area (TPSA) is 55.8 Å². The number of carbonyl (C=O) groups is 1. The van der Waals surface area contributed by atoms with Crippen molar-refractivity contribution in [2.24, 2.45) is 0 Å². The maximum Gasteiger partial charge on any atom is 0.367 e. The molecule has 0 aromatic heterocycles. The molecule has 0 bridgehead atoms. The van der Waals surface area contributed by atoms with Gasteiger partial charge in [0.2, 0.25) is 0 Å². The van der Waals surface area contributed by atoms with Gasteiger partial charge >= 0.3 is 5.97 Å². The highest BCUT2D eigenvalue weighted by Gasteiger charge is 2.57. The third kappa shape index (κ3) is 2.51. The smallest absolute Gasteiger partial charge is 0.367 e. The lowest BCUT2D eigenvalue weighted by molar-refractivity contribution is -0.332. The molecule has 0 spiro atoms. The molecule has 19 heavy (non-hydrogen) atoms. The second kappa shape index (κ2) is 4.32. The van der Waals surface area contributed by atoms with E-state index in [1.54, 1.807) is 27.7 Å². The number of aliphatic hydroxyl groups is 1. The SMILES string of the molecule is CC1(C)OC(=O)C(O)(Cc2ccccc2)OC1(C)C. The summed E-state index contributed by atoms with van der Waals surface area (Å²) >= 11 is 0. The lowest BCUT2D eigenvalue weighted by Gasteiger charge is -2.49. The van der Waals surface area contributed by atoms with Gasteiger partial charge in [-0.1, -0.05) is 30.3 Å². The highest BCUT2D eigenvalue weighted by molar-refractivity contribution is 5.79. The molecule has 1 heterocycles. The van der Waals surface area contributed by atoms with Crippen LogP contribution in [0.25, 0.3) is 0 Å². The number of carbonyl (C=O) groups excluding carboxylic acids is 1. The molecule has 0 aliphatic carbocycles. The Morgan fingerprint density at radius 2 is 1.63 bits per heavy atom. The Labute approximate surface area is 113 Å². The van der Waals surface area contributed by atoms with Crippen LogP contribution in [0.2, 0.25) is 0 Å². The van der Waals surface area contributed by atoms with Crippen molar-refractivity contribution in [1.82, 2.24) is 0 Å². The molecule has 1 aliphatic heterocycles. The highest BCUT2D eigenvalue weighted by atomic mass is 16.7. The van der Waals surface area contributed by atoms with Crippen LogP contribution >= 0.6 is 0 Å². The fraction of sp³-hybridized carbons (Fsp3) is 0.533. The van der Waals surface area contributed by atoms with Gasteiger partial charge in [0.1, 0.15) is 11.2 Å². The Kier molecular flexibility index (Phi) is 3.19. The first-order valence-corrected chi connectivity index (χ1v) is 6.36. The lowest BCUT2D eigenvalue weighted by atomic mass is 9.86. The van der Waals surface area contributed by atoms with Crippen molar-refractivity contribution in [3.05, 3.63) is 35.9 Å². The Morgan fingerprint density at radius 3 is 2.21 bits per heavy atom. The van der Waals surface area contributed by atoms with E-state index in [1.165, 1.54) is 0 Å². The maximum atomic E-state index is 12.0. The zero-order valence-corrected chi connectivity index (χ0v) is 11.8. The average molecular weight is 264 g/mol. The van der Waals surface area contributed by atoms with E-state index in [9.17, 15) is 9.90 Å². The quantitative estimate of drug-likeness (QED) is 0.831. The first-order chi connectivity index (χ1) is 8.66. The van der Waals surface area contributed by atoms with Crippen molar-refractivity contribution in [3.63, 3.8) is 0 Å². The van der Waals surface area contributed by atoms with Crippen molar-refractivity contribution in [2.45, 2.75) is 51.1 Å². The maximum absolute atomic E-state index is 12.0. The summed E-state index contributed by atoms with van der Waals surface area (Å²) in [6.45, 7) is 7.14. The number of benzene rings is 1. The van der Waals surface area contributed by atoms with Crippen LogP contribution in [0.15, 0.2) is 30.3 Å². The lowest BCUT2D eigenvalue weighted by Crippen LogP contribution is -2.65. The van der Waals surface area contributed by atoms with Gasteiger partial charge in [0.05, 0.1) is 0 Å². The molecule has 4 nitrogen and oxygen atoms in total. The number of hydrogen-bond acceptors (Lipinski definition) is 4. The van der Waals surface area contributed by atoms with E-state index in [-0.39, 0.29) is 6.42 Å². The van der Waals surface area contributed by atoms with Gasteiger partial charge in [0, 0.05) is 6.42 Å². The minimum atomic E-state index is -1.93. The van der Waals surface area contributed by atoms with Crippen LogP contribution in [0, 0.1) is 0 Å². The van der Waals surface area contributed by atoms with E-state index >= 15 is 0 Å². The standard InChI is InChI=1S/C15H20O4/c1-13(2)14(3,4)19-15(17,12(16)18-13)10-11-8-6-5-7-9-11/h5-9,17H,10H2,1-4H3. The molecule has 1 unspecified atom stereocenters. The molecule has 1 fully saturated rings. The number of hydrogen-bond donors (Lipinski definition) is 1. The van der Waals surface area contributed by atoms with Crippen LogP contribution in [0.3, 0.4) is 0 Å². The summed E-state index contributed by atoms with van der Waals surface area (Å²) < 4.78 is 11.0. The summed E-state index contributed by atoms with van der Waals surface area (Å²) in [5, 5.41) is 10.5. The molecule has 104 valence electrons. The Hall–Kier alpha value is -1.39. The minimum Gasteiger partial charge on any atom is -0.453 e. The van der Waals surface area contributed by atoms with Crippen LogP contribution in [0.4, 0.5) is 0 Å². The molecule has 0 radical (unpaired) electrons. The van der Waals surface area contributed by atoms with Crippen molar-refractivity contribution >= 4 is 5.97 Å². The molecular weight excluding hydrogens is 244 g/mol. The fourth-order valence-electron chi connectivity index (χ4n) is 2.00. The third-order valence-corrected chi connectivity index (χ3v) is 3.83. The molecular formula is C15H20O4. The van der Waals surface area contributed by atoms with E-state index < -0.39 is 23.0 Å². The molecule has 1 aliphatic rings. The predicted molar refractivity (Wildman–Crippen MR) is 70.4 cm³/mol. The van der Waals surface area contributed by atoms with Gasteiger partial charge < -0.3 is 14.6 Å². The van der Waals surface area contributed by atoms with Crippen molar-refractivity contribution in [2.75, 3.05) is 0 Å². The van der Waals surface area contributed by atoms with Gasteiger partial charge in [-0.2, -0.15) is 0 Å². The summed E-state index contributed by atoms with van der Waals surface area (Å²) in [4.78, 5) is 12.0. The van der Waals surface area contributed by atoms with E-state index in [1.807, 2.05) is 30.3 Å². The molecule has 4 heteroatoms. The third-order valence-electron chi connectivity index (χ3n) is 3.83. The summed E-state index contributed by atoms with van der Waals surface area (Å²) in [5.41, 5.74) is -0.741. The number of esters is 1. The van der Waals surface area contributed by atoms with Crippen LogP contribution in [-0.4, -0.2) is 28.1 Å². The van der Waals surface area contributed by atoms with Crippen LogP contribution in [-0.2, 0) is 20.7 Å². The molecule has 1 N–H and O–H groups in total. The molecule has 1 aromatic carbocycles. The summed E-state index contributed by atoms with van der Waals surface area (Å²) in [6, 6.07) is 9.24. The molecule has 1 saturated heterocycles. The monoisotopic (exact) mass is 264 g/mol. The van der Waals surface area contributed by atoms with Gasteiger partial charge in [-0.25, -0.2) is 4.79 Å². The van der Waals surface area contributed by atoms with Gasteiger partial charge in [-0.15, -0.1) is 0 Å². The predicted octanol–water partition coefficient (Wildman–Crippen LogP) is 2.05. The first-order valence-electron chi connectivity index (χ1n) is 6.36. The normalized spacial score (nSPS) is 28.8. The summed E-state index contributed by atoms with van der Waals surface area (Å²) in [7, 11) is 0. The molecule has 0 amide bonds. The van der Waals surface area contributed by atoms with Gasteiger partial charge in [-0.05, 0) is 33.3 Å². The van der Waals surface area contributed by atoms with Crippen molar-refractivity contribution < 1.29 is 19.4 Å². The molecule has 1 atom stereocenters. The van der Waals surface area contributed by atoms with E-state index in [4.69, 9.17) is 9.47 Å². The van der Waals surface area contributed by atoms with Crippen LogP contribution in [0.1, 0.15) is 33.3 Å². The second-order valence-electron chi connectivity index (χ2n) is 5.96. The van der Waals surface area contributed by atoms with E-state index in [2.05, 4.69) is 0 Å². The number of rotatable bonds is 2. The number of cyclic esters (lactones) is 1. The summed E-state index contributed by atoms with van der Waals surface area (Å²) in [6.07, 6.45) is 0.0756. The second-order valence-corrected chi connectivity index (χ2v) is 5.96.